The lowest BCUT2D eigenvalue weighted by Crippen LogP contribution is -2.42. The van der Waals surface area contributed by atoms with E-state index in [4.69, 9.17) is 0 Å². The van der Waals surface area contributed by atoms with E-state index in [1.807, 2.05) is 19.1 Å². The van der Waals surface area contributed by atoms with Crippen molar-refractivity contribution in [1.29, 1.82) is 0 Å². The zero-order valence-electron chi connectivity index (χ0n) is 9.22. The molecule has 1 aliphatic carbocycles. The van der Waals surface area contributed by atoms with Crippen molar-refractivity contribution < 1.29 is 4.79 Å². The molecule has 0 unspecified atom stereocenters. The topological polar surface area (TPSA) is 41.1 Å². The Morgan fingerprint density at radius 3 is 2.81 bits per heavy atom. The molecule has 0 bridgehead atoms. The van der Waals surface area contributed by atoms with Gasteiger partial charge in [-0.05, 0) is 37.5 Å². The Kier molecular flexibility index (Phi) is 3.19. The summed E-state index contributed by atoms with van der Waals surface area (Å²) in [4.78, 5) is 11.5. The zero-order valence-corrected chi connectivity index (χ0v) is 10.8. The molecular formula is C12H15BrN2O. The van der Waals surface area contributed by atoms with E-state index < -0.39 is 0 Å². The normalized spacial score (nSPS) is 16.6. The minimum Gasteiger partial charge on any atom is -0.338 e. The number of nitrogens with one attached hydrogen (secondary N) is 2. The van der Waals surface area contributed by atoms with Crippen molar-refractivity contribution in [2.45, 2.75) is 25.3 Å². The van der Waals surface area contributed by atoms with E-state index in [9.17, 15) is 4.79 Å². The first-order valence-electron chi connectivity index (χ1n) is 5.48. The molecule has 1 aliphatic rings. The van der Waals surface area contributed by atoms with Crippen LogP contribution >= 0.6 is 15.9 Å². The predicted octanol–water partition coefficient (Wildman–Crippen LogP) is 2.76. The molecule has 4 heteroatoms. The average Bonchev–Trinajstić information content (AvgIpc) is 2.99. The Balaban J connectivity index is 2.11. The molecule has 0 heterocycles. The van der Waals surface area contributed by atoms with Crippen LogP contribution in [0.2, 0.25) is 0 Å². The maximum atomic E-state index is 11.5. The molecule has 1 saturated carbocycles. The van der Waals surface area contributed by atoms with Gasteiger partial charge in [0.25, 0.3) is 0 Å². The largest absolute Gasteiger partial charge is 0.338 e. The van der Waals surface area contributed by atoms with Crippen LogP contribution in [-0.4, -0.2) is 12.6 Å². The first-order chi connectivity index (χ1) is 7.66. The molecule has 1 aromatic rings. The number of benzene rings is 1. The molecule has 16 heavy (non-hydrogen) atoms. The van der Waals surface area contributed by atoms with Gasteiger partial charge in [0.2, 0.25) is 0 Å². The highest BCUT2D eigenvalue weighted by molar-refractivity contribution is 9.10. The van der Waals surface area contributed by atoms with Crippen molar-refractivity contribution >= 4 is 22.0 Å². The lowest BCUT2D eigenvalue weighted by atomic mass is 10.1. The number of urea groups is 1. The van der Waals surface area contributed by atoms with E-state index in [1.165, 1.54) is 5.56 Å². The summed E-state index contributed by atoms with van der Waals surface area (Å²) in [7, 11) is 0. The zero-order chi connectivity index (χ0) is 11.6. The third kappa shape index (κ3) is 2.38. The molecule has 0 aromatic heterocycles. The number of hydrogen-bond donors (Lipinski definition) is 2. The summed E-state index contributed by atoms with van der Waals surface area (Å²) in [5, 5.41) is 5.81. The van der Waals surface area contributed by atoms with Crippen molar-refractivity contribution in [3.05, 3.63) is 34.3 Å². The van der Waals surface area contributed by atoms with Crippen LogP contribution in [0.15, 0.2) is 28.7 Å². The number of amides is 2. The van der Waals surface area contributed by atoms with Gasteiger partial charge in [0, 0.05) is 11.0 Å². The Morgan fingerprint density at radius 1 is 1.50 bits per heavy atom. The summed E-state index contributed by atoms with van der Waals surface area (Å²) in [6, 6.07) is 8.04. The fourth-order valence-electron chi connectivity index (χ4n) is 1.82. The van der Waals surface area contributed by atoms with Gasteiger partial charge in [-0.2, -0.15) is 0 Å². The summed E-state index contributed by atoms with van der Waals surface area (Å²) in [6.07, 6.45) is 2.03. The number of rotatable bonds is 3. The fourth-order valence-corrected chi connectivity index (χ4v) is 2.22. The second-order valence-corrected chi connectivity index (χ2v) is 4.99. The van der Waals surface area contributed by atoms with Crippen LogP contribution < -0.4 is 10.6 Å². The maximum Gasteiger partial charge on any atom is 0.315 e. The van der Waals surface area contributed by atoms with Gasteiger partial charge in [0.1, 0.15) is 0 Å². The monoisotopic (exact) mass is 282 g/mol. The second-order valence-electron chi connectivity index (χ2n) is 4.08. The van der Waals surface area contributed by atoms with Gasteiger partial charge in [-0.25, -0.2) is 4.79 Å². The van der Waals surface area contributed by atoms with Crippen LogP contribution in [0.4, 0.5) is 4.79 Å². The average molecular weight is 283 g/mol. The van der Waals surface area contributed by atoms with Gasteiger partial charge in [0.05, 0.1) is 5.54 Å². The molecule has 86 valence electrons. The van der Waals surface area contributed by atoms with Crippen molar-refractivity contribution in [3.63, 3.8) is 0 Å². The lowest BCUT2D eigenvalue weighted by molar-refractivity contribution is 0.236. The molecule has 0 spiro atoms. The van der Waals surface area contributed by atoms with Gasteiger partial charge < -0.3 is 10.6 Å². The molecule has 0 atom stereocenters. The maximum absolute atomic E-state index is 11.5. The summed E-state index contributed by atoms with van der Waals surface area (Å²) < 4.78 is 1.05. The van der Waals surface area contributed by atoms with Crippen molar-refractivity contribution in [1.82, 2.24) is 10.6 Å². The highest BCUT2D eigenvalue weighted by atomic mass is 79.9. The van der Waals surface area contributed by atoms with Gasteiger partial charge >= 0.3 is 6.03 Å². The first kappa shape index (κ1) is 11.5. The second kappa shape index (κ2) is 4.45. The minimum absolute atomic E-state index is 0.0834. The third-order valence-corrected chi connectivity index (χ3v) is 3.31. The molecule has 1 fully saturated rings. The van der Waals surface area contributed by atoms with Crippen molar-refractivity contribution in [2.75, 3.05) is 6.54 Å². The summed E-state index contributed by atoms with van der Waals surface area (Å²) in [5.41, 5.74) is 1.04. The molecule has 2 amide bonds. The Labute approximate surface area is 104 Å². The Morgan fingerprint density at radius 2 is 2.25 bits per heavy atom. The summed E-state index contributed by atoms with van der Waals surface area (Å²) in [5.74, 6) is 0. The molecule has 3 nitrogen and oxygen atoms in total. The van der Waals surface area contributed by atoms with Gasteiger partial charge in [-0.15, -0.1) is 0 Å². The molecule has 0 aliphatic heterocycles. The molecule has 2 rings (SSSR count). The minimum atomic E-state index is -0.136. The number of carbonyl (C=O) groups is 1. The lowest BCUT2D eigenvalue weighted by Gasteiger charge is -2.18. The molecular weight excluding hydrogens is 268 g/mol. The highest BCUT2D eigenvalue weighted by Gasteiger charge is 2.45. The Bertz CT molecular complexity index is 402. The Hall–Kier alpha value is -1.03. The van der Waals surface area contributed by atoms with Gasteiger partial charge in [-0.1, -0.05) is 28.1 Å². The van der Waals surface area contributed by atoms with Crippen LogP contribution in [0, 0.1) is 0 Å². The SMILES string of the molecule is CCNC(=O)NC1(c2cccc(Br)c2)CC1. The standard InChI is InChI=1S/C12H15BrN2O/c1-2-14-11(16)15-12(6-7-12)9-4-3-5-10(13)8-9/h3-5,8H,2,6-7H2,1H3,(H2,14,15,16). The van der Waals surface area contributed by atoms with E-state index in [1.54, 1.807) is 0 Å². The van der Waals surface area contributed by atoms with E-state index in [-0.39, 0.29) is 11.6 Å². The summed E-state index contributed by atoms with van der Waals surface area (Å²) >= 11 is 3.45. The smallest absolute Gasteiger partial charge is 0.315 e. The number of halogens is 1. The van der Waals surface area contributed by atoms with E-state index >= 15 is 0 Å². The molecule has 0 radical (unpaired) electrons. The van der Waals surface area contributed by atoms with E-state index in [0.29, 0.717) is 6.54 Å². The first-order valence-corrected chi connectivity index (χ1v) is 6.28. The number of carbonyl (C=O) groups excluding carboxylic acids is 1. The van der Waals surface area contributed by atoms with E-state index in [0.717, 1.165) is 17.3 Å². The quantitative estimate of drug-likeness (QED) is 0.880. The van der Waals surface area contributed by atoms with Crippen molar-refractivity contribution in [3.8, 4) is 0 Å². The van der Waals surface area contributed by atoms with Gasteiger partial charge in [0.15, 0.2) is 0 Å². The van der Waals surface area contributed by atoms with Crippen LogP contribution in [-0.2, 0) is 5.54 Å². The van der Waals surface area contributed by atoms with E-state index in [2.05, 4.69) is 38.7 Å². The van der Waals surface area contributed by atoms with Crippen molar-refractivity contribution in [2.24, 2.45) is 0 Å². The van der Waals surface area contributed by atoms with Crippen LogP contribution in [0.25, 0.3) is 0 Å². The summed E-state index contributed by atoms with van der Waals surface area (Å²) in [6.45, 7) is 2.57. The number of hydrogen-bond acceptors (Lipinski definition) is 1. The van der Waals surface area contributed by atoms with Gasteiger partial charge in [-0.3, -0.25) is 0 Å². The molecule has 0 saturated heterocycles. The van der Waals surface area contributed by atoms with Crippen LogP contribution in [0.3, 0.4) is 0 Å². The molecule has 1 aromatic carbocycles. The highest BCUT2D eigenvalue weighted by Crippen LogP contribution is 2.45. The predicted molar refractivity (Wildman–Crippen MR) is 67.3 cm³/mol. The fraction of sp³-hybridized carbons (Fsp3) is 0.417. The van der Waals surface area contributed by atoms with Crippen LogP contribution in [0.5, 0.6) is 0 Å². The molecule has 2 N–H and O–H groups in total. The third-order valence-electron chi connectivity index (χ3n) is 2.82. The van der Waals surface area contributed by atoms with Crippen LogP contribution in [0.1, 0.15) is 25.3 Å².